The van der Waals surface area contributed by atoms with Crippen LogP contribution < -0.4 is 15.4 Å². The molecule has 0 aliphatic carbocycles. The van der Waals surface area contributed by atoms with Gasteiger partial charge in [0.1, 0.15) is 11.5 Å². The smallest absolute Gasteiger partial charge is 0.191 e. The van der Waals surface area contributed by atoms with E-state index in [9.17, 15) is 5.11 Å². The summed E-state index contributed by atoms with van der Waals surface area (Å²) >= 11 is 0. The van der Waals surface area contributed by atoms with Crippen LogP contribution in [0.5, 0.6) is 11.5 Å². The summed E-state index contributed by atoms with van der Waals surface area (Å²) in [6.45, 7) is 3.89. The quantitative estimate of drug-likeness (QED) is 0.336. The molecule has 1 aliphatic heterocycles. The number of benzene rings is 2. The minimum absolute atomic E-state index is 0.290. The molecular formula is C24H34N4O2. The summed E-state index contributed by atoms with van der Waals surface area (Å²) in [5.74, 6) is 2.03. The first-order chi connectivity index (χ1) is 14.7. The van der Waals surface area contributed by atoms with Gasteiger partial charge in [0.05, 0.1) is 13.2 Å². The molecule has 0 saturated carbocycles. The molecule has 6 nitrogen and oxygen atoms in total. The Kier molecular flexibility index (Phi) is 8.39. The van der Waals surface area contributed by atoms with Gasteiger partial charge in [0.2, 0.25) is 0 Å². The lowest BCUT2D eigenvalue weighted by Crippen LogP contribution is -2.43. The van der Waals surface area contributed by atoms with Crippen molar-refractivity contribution >= 4 is 5.96 Å². The Bertz CT molecular complexity index is 801. The third kappa shape index (κ3) is 6.39. The molecule has 2 aromatic rings. The molecule has 162 valence electrons. The maximum Gasteiger partial charge on any atom is 0.191 e. The number of hydrogen-bond acceptors (Lipinski definition) is 4. The maximum atomic E-state index is 9.38. The third-order valence-corrected chi connectivity index (χ3v) is 5.62. The minimum Gasteiger partial charge on any atom is -0.508 e. The monoisotopic (exact) mass is 410 g/mol. The Labute approximate surface area is 180 Å². The Morgan fingerprint density at radius 3 is 2.60 bits per heavy atom. The molecule has 0 bridgehead atoms. The van der Waals surface area contributed by atoms with Crippen molar-refractivity contribution in [3.8, 4) is 11.5 Å². The van der Waals surface area contributed by atoms with E-state index in [2.05, 4.69) is 38.7 Å². The van der Waals surface area contributed by atoms with Crippen LogP contribution in [0.1, 0.15) is 36.4 Å². The molecule has 30 heavy (non-hydrogen) atoms. The van der Waals surface area contributed by atoms with Crippen molar-refractivity contribution in [1.82, 2.24) is 15.5 Å². The van der Waals surface area contributed by atoms with Crippen molar-refractivity contribution < 1.29 is 9.84 Å². The van der Waals surface area contributed by atoms with Gasteiger partial charge in [0.15, 0.2) is 5.96 Å². The molecule has 0 radical (unpaired) electrons. The third-order valence-electron chi connectivity index (χ3n) is 5.62. The highest BCUT2D eigenvalue weighted by Gasteiger charge is 2.24. The van der Waals surface area contributed by atoms with Crippen LogP contribution in [0, 0.1) is 0 Å². The summed E-state index contributed by atoms with van der Waals surface area (Å²) in [4.78, 5) is 6.93. The van der Waals surface area contributed by atoms with Crippen LogP contribution >= 0.6 is 0 Å². The van der Waals surface area contributed by atoms with E-state index >= 15 is 0 Å². The fourth-order valence-corrected chi connectivity index (χ4v) is 3.94. The van der Waals surface area contributed by atoms with Crippen LogP contribution in [-0.4, -0.2) is 56.3 Å². The first-order valence-electron chi connectivity index (χ1n) is 10.8. The Balaban J connectivity index is 1.51. The number of ether oxygens (including phenoxy) is 1. The second-order valence-electron chi connectivity index (χ2n) is 7.69. The van der Waals surface area contributed by atoms with Crippen molar-refractivity contribution in [3.05, 3.63) is 59.7 Å². The first kappa shape index (κ1) is 22.0. The molecule has 0 amide bonds. The molecule has 0 spiro atoms. The van der Waals surface area contributed by atoms with Gasteiger partial charge in [-0.1, -0.05) is 24.3 Å². The second kappa shape index (κ2) is 11.5. The van der Waals surface area contributed by atoms with Gasteiger partial charge in [0, 0.05) is 20.1 Å². The summed E-state index contributed by atoms with van der Waals surface area (Å²) in [6.07, 6.45) is 4.47. The zero-order chi connectivity index (χ0) is 21.2. The summed E-state index contributed by atoms with van der Waals surface area (Å²) in [5.41, 5.74) is 2.50. The number of aryl methyl sites for hydroxylation is 1. The van der Waals surface area contributed by atoms with E-state index < -0.39 is 0 Å². The van der Waals surface area contributed by atoms with Gasteiger partial charge in [-0.15, -0.1) is 0 Å². The van der Waals surface area contributed by atoms with Gasteiger partial charge >= 0.3 is 0 Å². The largest absolute Gasteiger partial charge is 0.508 e. The number of methoxy groups -OCH3 is 1. The number of rotatable bonds is 9. The summed E-state index contributed by atoms with van der Waals surface area (Å²) < 4.78 is 5.43. The number of hydrogen-bond donors (Lipinski definition) is 3. The van der Waals surface area contributed by atoms with Crippen molar-refractivity contribution in [3.63, 3.8) is 0 Å². The number of nitrogens with zero attached hydrogens (tertiary/aromatic N) is 2. The predicted octanol–water partition coefficient (Wildman–Crippen LogP) is 3.34. The van der Waals surface area contributed by atoms with Gasteiger partial charge in [-0.05, 0) is 74.2 Å². The lowest BCUT2D eigenvalue weighted by Gasteiger charge is -2.29. The zero-order valence-corrected chi connectivity index (χ0v) is 18.1. The predicted molar refractivity (Wildman–Crippen MR) is 122 cm³/mol. The first-order valence-corrected chi connectivity index (χ1v) is 10.8. The van der Waals surface area contributed by atoms with Crippen molar-refractivity contribution in [2.45, 2.75) is 31.7 Å². The van der Waals surface area contributed by atoms with Crippen LogP contribution in [0.15, 0.2) is 53.5 Å². The highest BCUT2D eigenvalue weighted by Crippen LogP contribution is 2.27. The number of phenols is 1. The van der Waals surface area contributed by atoms with E-state index in [-0.39, 0.29) is 6.04 Å². The molecule has 1 unspecified atom stereocenters. The highest BCUT2D eigenvalue weighted by atomic mass is 16.5. The van der Waals surface area contributed by atoms with Crippen LogP contribution in [0.3, 0.4) is 0 Å². The molecule has 1 fully saturated rings. The highest BCUT2D eigenvalue weighted by molar-refractivity contribution is 5.79. The molecule has 1 saturated heterocycles. The number of nitrogens with one attached hydrogen (secondary N) is 2. The lowest BCUT2D eigenvalue weighted by atomic mass is 10.1. The lowest BCUT2D eigenvalue weighted by molar-refractivity contribution is 0.245. The molecule has 1 atom stereocenters. The second-order valence-corrected chi connectivity index (χ2v) is 7.69. The van der Waals surface area contributed by atoms with E-state index in [1.807, 2.05) is 25.2 Å². The maximum absolute atomic E-state index is 9.38. The molecule has 6 heteroatoms. The summed E-state index contributed by atoms with van der Waals surface area (Å²) in [5, 5.41) is 16.3. The zero-order valence-electron chi connectivity index (χ0n) is 18.1. The molecule has 2 aromatic carbocycles. The van der Waals surface area contributed by atoms with Crippen molar-refractivity contribution in [1.29, 1.82) is 0 Å². The van der Waals surface area contributed by atoms with E-state index in [0.29, 0.717) is 5.75 Å². The van der Waals surface area contributed by atoms with Gasteiger partial charge in [-0.25, -0.2) is 0 Å². The van der Waals surface area contributed by atoms with E-state index in [0.717, 1.165) is 50.7 Å². The Morgan fingerprint density at radius 1 is 1.13 bits per heavy atom. The number of likely N-dealkylation sites (tertiary alicyclic amines) is 1. The molecule has 0 aromatic heterocycles. The number of phenolic OH excluding ortho intramolecular Hbond substituents is 1. The fraction of sp³-hybridized carbons (Fsp3) is 0.458. The molecular weight excluding hydrogens is 376 g/mol. The van der Waals surface area contributed by atoms with Gasteiger partial charge in [0.25, 0.3) is 0 Å². The minimum atomic E-state index is 0.290. The number of aromatic hydroxyl groups is 1. The normalized spacial score (nSPS) is 15.7. The van der Waals surface area contributed by atoms with Gasteiger partial charge < -0.3 is 20.5 Å². The molecule has 3 N–H and O–H groups in total. The summed E-state index contributed by atoms with van der Waals surface area (Å²) in [6, 6.07) is 16.1. The molecule has 1 aliphatic rings. The topological polar surface area (TPSA) is 69.1 Å². The van der Waals surface area contributed by atoms with Crippen LogP contribution in [-0.2, 0) is 6.42 Å². The molecule has 1 heterocycles. The average Bonchev–Trinajstić information content (AvgIpc) is 3.31. The van der Waals surface area contributed by atoms with Crippen LogP contribution in [0.25, 0.3) is 0 Å². The van der Waals surface area contributed by atoms with Crippen molar-refractivity contribution in [2.75, 3.05) is 40.3 Å². The number of guanidine groups is 1. The standard InChI is InChI=1S/C24H34N4O2/c1-25-24(26-14-6-7-19-10-12-21(29)13-11-19)27-18-23(28-15-3-4-16-28)20-8-5-9-22(17-20)30-2/h5,8-13,17,23,29H,3-4,6-7,14-16,18H2,1-2H3,(H2,25,26,27). The summed E-state index contributed by atoms with van der Waals surface area (Å²) in [7, 11) is 3.53. The molecule has 3 rings (SSSR count). The van der Waals surface area contributed by atoms with E-state index in [1.165, 1.54) is 24.0 Å². The number of aliphatic imine (C=N–C) groups is 1. The Hall–Kier alpha value is -2.73. The van der Waals surface area contributed by atoms with Crippen LogP contribution in [0.2, 0.25) is 0 Å². The van der Waals surface area contributed by atoms with Crippen molar-refractivity contribution in [2.24, 2.45) is 4.99 Å². The SMILES string of the molecule is CN=C(NCCCc1ccc(O)cc1)NCC(c1cccc(OC)c1)N1CCCC1. The van der Waals surface area contributed by atoms with Gasteiger partial charge in [-0.2, -0.15) is 0 Å². The van der Waals surface area contributed by atoms with Crippen LogP contribution in [0.4, 0.5) is 0 Å². The van der Waals surface area contributed by atoms with E-state index in [1.54, 1.807) is 19.2 Å². The van der Waals surface area contributed by atoms with Gasteiger partial charge in [-0.3, -0.25) is 9.89 Å². The fourth-order valence-electron chi connectivity index (χ4n) is 3.94. The average molecular weight is 411 g/mol. The Morgan fingerprint density at radius 2 is 1.90 bits per heavy atom. The van der Waals surface area contributed by atoms with E-state index in [4.69, 9.17) is 4.74 Å².